The first-order valence-corrected chi connectivity index (χ1v) is 4.72. The SMILES string of the molecule is NC(=O)CO/N=C(\N)c1cccc(C(F)(F)F)c1. The van der Waals surface area contributed by atoms with Crippen molar-refractivity contribution in [1.29, 1.82) is 0 Å². The summed E-state index contributed by atoms with van der Waals surface area (Å²) in [6.07, 6.45) is -4.47. The number of amidine groups is 1. The van der Waals surface area contributed by atoms with Crippen LogP contribution in [0.5, 0.6) is 0 Å². The maximum atomic E-state index is 12.4. The molecule has 5 nitrogen and oxygen atoms in total. The molecule has 0 atom stereocenters. The molecule has 1 amide bonds. The number of benzene rings is 1. The quantitative estimate of drug-likeness (QED) is 0.477. The zero-order valence-electron chi connectivity index (χ0n) is 9.07. The molecule has 0 spiro atoms. The summed E-state index contributed by atoms with van der Waals surface area (Å²) in [5, 5.41) is 3.28. The summed E-state index contributed by atoms with van der Waals surface area (Å²) in [5.41, 5.74) is 9.36. The summed E-state index contributed by atoms with van der Waals surface area (Å²) in [6, 6.07) is 4.25. The topological polar surface area (TPSA) is 90.7 Å². The van der Waals surface area contributed by atoms with Gasteiger partial charge >= 0.3 is 6.18 Å². The van der Waals surface area contributed by atoms with Gasteiger partial charge < -0.3 is 16.3 Å². The number of carbonyl (C=O) groups is 1. The number of nitrogens with two attached hydrogens (primary N) is 2. The Kier molecular flexibility index (Phi) is 4.13. The lowest BCUT2D eigenvalue weighted by molar-refractivity contribution is -0.137. The minimum absolute atomic E-state index is 0.0364. The number of nitrogens with zero attached hydrogens (tertiary/aromatic N) is 1. The second kappa shape index (κ2) is 5.39. The zero-order valence-corrected chi connectivity index (χ0v) is 9.07. The second-order valence-electron chi connectivity index (χ2n) is 3.29. The molecule has 0 fully saturated rings. The number of oxime groups is 1. The van der Waals surface area contributed by atoms with Gasteiger partial charge in [-0.1, -0.05) is 17.3 Å². The predicted molar refractivity (Wildman–Crippen MR) is 57.3 cm³/mol. The molecule has 1 rings (SSSR count). The third-order valence-corrected chi connectivity index (χ3v) is 1.86. The van der Waals surface area contributed by atoms with Crippen LogP contribution in [-0.2, 0) is 15.8 Å². The van der Waals surface area contributed by atoms with Crippen molar-refractivity contribution in [3.63, 3.8) is 0 Å². The van der Waals surface area contributed by atoms with Crippen LogP contribution in [-0.4, -0.2) is 18.3 Å². The molecule has 8 heteroatoms. The maximum absolute atomic E-state index is 12.4. The third kappa shape index (κ3) is 3.96. The van der Waals surface area contributed by atoms with E-state index < -0.39 is 24.3 Å². The molecule has 0 aromatic heterocycles. The molecule has 4 N–H and O–H groups in total. The second-order valence-corrected chi connectivity index (χ2v) is 3.29. The fraction of sp³-hybridized carbons (Fsp3) is 0.200. The molecule has 0 aliphatic carbocycles. The lowest BCUT2D eigenvalue weighted by atomic mass is 10.1. The van der Waals surface area contributed by atoms with Gasteiger partial charge in [0, 0.05) is 5.56 Å². The van der Waals surface area contributed by atoms with Gasteiger partial charge in [0.25, 0.3) is 5.91 Å². The first-order chi connectivity index (χ1) is 8.30. The average molecular weight is 261 g/mol. The molecule has 0 aliphatic heterocycles. The highest BCUT2D eigenvalue weighted by molar-refractivity contribution is 5.97. The van der Waals surface area contributed by atoms with E-state index in [1.54, 1.807) is 0 Å². The van der Waals surface area contributed by atoms with Crippen molar-refractivity contribution in [2.45, 2.75) is 6.18 Å². The summed E-state index contributed by atoms with van der Waals surface area (Å²) in [5.74, 6) is -1.04. The van der Waals surface area contributed by atoms with Crippen LogP contribution in [0.15, 0.2) is 29.4 Å². The Balaban J connectivity index is 2.86. The van der Waals surface area contributed by atoms with Crippen LogP contribution in [0, 0.1) is 0 Å². The molecule has 1 aromatic rings. The van der Waals surface area contributed by atoms with E-state index in [9.17, 15) is 18.0 Å². The molecular weight excluding hydrogens is 251 g/mol. The van der Waals surface area contributed by atoms with Crippen molar-refractivity contribution in [3.05, 3.63) is 35.4 Å². The third-order valence-electron chi connectivity index (χ3n) is 1.86. The Labute approximate surface area is 100 Å². The van der Waals surface area contributed by atoms with Gasteiger partial charge in [0.2, 0.25) is 0 Å². The normalized spacial score (nSPS) is 12.3. The van der Waals surface area contributed by atoms with Gasteiger partial charge in [-0.05, 0) is 12.1 Å². The van der Waals surface area contributed by atoms with Crippen molar-refractivity contribution >= 4 is 11.7 Å². The summed E-state index contributed by atoms with van der Waals surface area (Å²) in [7, 11) is 0. The number of hydrogen-bond acceptors (Lipinski definition) is 3. The van der Waals surface area contributed by atoms with Gasteiger partial charge in [-0.25, -0.2) is 0 Å². The standard InChI is InChI=1S/C10H10F3N3O2/c11-10(12,13)7-3-1-2-6(4-7)9(15)16-18-5-8(14)17/h1-4H,5H2,(H2,14,17)(H2,15,16). The van der Waals surface area contributed by atoms with Crippen LogP contribution in [0.4, 0.5) is 13.2 Å². The largest absolute Gasteiger partial charge is 0.416 e. The predicted octanol–water partition coefficient (Wildman–Crippen LogP) is 0.828. The molecule has 0 unspecified atom stereocenters. The van der Waals surface area contributed by atoms with Gasteiger partial charge in [-0.3, -0.25) is 4.79 Å². The van der Waals surface area contributed by atoms with Gasteiger partial charge in [0.15, 0.2) is 12.4 Å². The molecule has 0 saturated carbocycles. The maximum Gasteiger partial charge on any atom is 0.416 e. The van der Waals surface area contributed by atoms with Gasteiger partial charge in [-0.15, -0.1) is 0 Å². The summed E-state index contributed by atoms with van der Waals surface area (Å²) < 4.78 is 37.2. The first kappa shape index (κ1) is 13.8. The average Bonchev–Trinajstić information content (AvgIpc) is 2.27. The molecule has 1 aromatic carbocycles. The molecule has 0 aliphatic rings. The van der Waals surface area contributed by atoms with E-state index in [2.05, 4.69) is 9.99 Å². The number of primary amides is 1. The number of rotatable bonds is 4. The van der Waals surface area contributed by atoms with Crippen molar-refractivity contribution in [2.75, 3.05) is 6.61 Å². The van der Waals surface area contributed by atoms with E-state index >= 15 is 0 Å². The number of carbonyl (C=O) groups excluding carboxylic acids is 1. The van der Waals surface area contributed by atoms with E-state index in [-0.39, 0.29) is 11.4 Å². The highest BCUT2D eigenvalue weighted by atomic mass is 19.4. The number of alkyl halides is 3. The zero-order chi connectivity index (χ0) is 13.8. The highest BCUT2D eigenvalue weighted by Crippen LogP contribution is 2.29. The van der Waals surface area contributed by atoms with E-state index in [0.717, 1.165) is 12.1 Å². The number of halogens is 3. The lowest BCUT2D eigenvalue weighted by Crippen LogP contribution is -2.19. The summed E-state index contributed by atoms with van der Waals surface area (Å²) >= 11 is 0. The smallest absolute Gasteiger partial charge is 0.384 e. The van der Waals surface area contributed by atoms with Crippen LogP contribution in [0.2, 0.25) is 0 Å². The van der Waals surface area contributed by atoms with Crippen LogP contribution >= 0.6 is 0 Å². The van der Waals surface area contributed by atoms with Crippen molar-refractivity contribution in [1.82, 2.24) is 0 Å². The number of amides is 1. The lowest BCUT2D eigenvalue weighted by Gasteiger charge is -2.08. The van der Waals surface area contributed by atoms with Crippen molar-refractivity contribution < 1.29 is 22.8 Å². The Morgan fingerprint density at radius 2 is 2.00 bits per heavy atom. The van der Waals surface area contributed by atoms with Gasteiger partial charge in [-0.2, -0.15) is 13.2 Å². The Bertz CT molecular complexity index is 472. The van der Waals surface area contributed by atoms with E-state index in [1.807, 2.05) is 0 Å². The molecule has 18 heavy (non-hydrogen) atoms. The van der Waals surface area contributed by atoms with E-state index in [4.69, 9.17) is 11.5 Å². The minimum atomic E-state index is -4.47. The monoisotopic (exact) mass is 261 g/mol. The van der Waals surface area contributed by atoms with Gasteiger partial charge in [0.05, 0.1) is 5.56 Å². The Morgan fingerprint density at radius 3 is 2.56 bits per heavy atom. The summed E-state index contributed by atoms with van der Waals surface area (Å²) in [4.78, 5) is 14.8. The van der Waals surface area contributed by atoms with Crippen molar-refractivity contribution in [3.8, 4) is 0 Å². The van der Waals surface area contributed by atoms with E-state index in [0.29, 0.717) is 0 Å². The molecule has 0 heterocycles. The highest BCUT2D eigenvalue weighted by Gasteiger charge is 2.30. The molecule has 0 saturated heterocycles. The first-order valence-electron chi connectivity index (χ1n) is 4.72. The Morgan fingerprint density at radius 1 is 1.33 bits per heavy atom. The van der Waals surface area contributed by atoms with Gasteiger partial charge in [0.1, 0.15) is 0 Å². The fourth-order valence-corrected chi connectivity index (χ4v) is 1.07. The van der Waals surface area contributed by atoms with Crippen LogP contribution in [0.25, 0.3) is 0 Å². The fourth-order valence-electron chi connectivity index (χ4n) is 1.07. The summed E-state index contributed by atoms with van der Waals surface area (Å²) in [6.45, 7) is -0.500. The van der Waals surface area contributed by atoms with Crippen LogP contribution in [0.1, 0.15) is 11.1 Å². The molecule has 98 valence electrons. The van der Waals surface area contributed by atoms with Crippen LogP contribution in [0.3, 0.4) is 0 Å². The molecule has 0 bridgehead atoms. The van der Waals surface area contributed by atoms with E-state index in [1.165, 1.54) is 12.1 Å². The molecule has 0 radical (unpaired) electrons. The van der Waals surface area contributed by atoms with Crippen molar-refractivity contribution in [2.24, 2.45) is 16.6 Å². The number of hydrogen-bond donors (Lipinski definition) is 2. The Hall–Kier alpha value is -2.25. The van der Waals surface area contributed by atoms with Crippen LogP contribution < -0.4 is 11.5 Å². The molecular formula is C10H10F3N3O2. The minimum Gasteiger partial charge on any atom is -0.384 e.